The molecule has 0 radical (unpaired) electrons. The average Bonchev–Trinajstić information content (AvgIpc) is 2.57. The number of aromatic nitrogens is 1. The van der Waals surface area contributed by atoms with Crippen molar-refractivity contribution >= 4 is 38.2 Å². The molecule has 0 bridgehead atoms. The number of hydrogen-bond acceptors (Lipinski definition) is 4. The van der Waals surface area contributed by atoms with E-state index >= 15 is 0 Å². The van der Waals surface area contributed by atoms with Crippen LogP contribution in [0.15, 0.2) is 53.1 Å². The van der Waals surface area contributed by atoms with E-state index in [2.05, 4.69) is 51.4 Å². The second kappa shape index (κ2) is 7.64. The molecule has 0 aliphatic heterocycles. The number of ether oxygens (including phenoxy) is 2. The van der Waals surface area contributed by atoms with Crippen LogP contribution in [0.3, 0.4) is 0 Å². The molecule has 124 valence electrons. The van der Waals surface area contributed by atoms with Crippen molar-refractivity contribution in [3.63, 3.8) is 0 Å². The Kier molecular flexibility index (Phi) is 5.33. The van der Waals surface area contributed by atoms with Crippen molar-refractivity contribution in [2.24, 2.45) is 0 Å². The first kappa shape index (κ1) is 16.7. The number of hydrogen-bond donors (Lipinski definition) is 1. The van der Waals surface area contributed by atoms with Crippen molar-refractivity contribution in [2.75, 3.05) is 25.6 Å². The number of halogens is 1. The van der Waals surface area contributed by atoms with Gasteiger partial charge in [-0.25, -0.2) is 0 Å². The average molecular weight is 387 g/mol. The van der Waals surface area contributed by atoms with Gasteiger partial charge < -0.3 is 14.8 Å². The number of anilines is 2. The summed E-state index contributed by atoms with van der Waals surface area (Å²) in [6, 6.07) is 14.1. The molecule has 0 aliphatic carbocycles. The van der Waals surface area contributed by atoms with Crippen molar-refractivity contribution in [2.45, 2.75) is 6.92 Å². The molecule has 24 heavy (non-hydrogen) atoms. The van der Waals surface area contributed by atoms with Gasteiger partial charge in [-0.05, 0) is 58.7 Å². The maximum absolute atomic E-state index is 5.62. The third-order valence-corrected chi connectivity index (χ3v) is 4.32. The molecule has 0 aliphatic rings. The Morgan fingerprint density at radius 1 is 1.04 bits per heavy atom. The van der Waals surface area contributed by atoms with Crippen LogP contribution in [-0.4, -0.2) is 25.3 Å². The summed E-state index contributed by atoms with van der Waals surface area (Å²) in [5.41, 5.74) is 4.18. The summed E-state index contributed by atoms with van der Waals surface area (Å²) in [5, 5.41) is 4.55. The Morgan fingerprint density at radius 2 is 1.92 bits per heavy atom. The van der Waals surface area contributed by atoms with E-state index in [-0.39, 0.29) is 0 Å². The maximum atomic E-state index is 5.62. The van der Waals surface area contributed by atoms with Gasteiger partial charge >= 0.3 is 0 Å². The van der Waals surface area contributed by atoms with Crippen LogP contribution in [0.4, 0.5) is 11.4 Å². The molecular weight excluding hydrogens is 368 g/mol. The van der Waals surface area contributed by atoms with Gasteiger partial charge in [0.15, 0.2) is 0 Å². The minimum absolute atomic E-state index is 0.532. The Balaban J connectivity index is 1.83. The molecular formula is C19H19BrN2O2. The van der Waals surface area contributed by atoms with Crippen LogP contribution < -0.4 is 10.1 Å². The molecule has 5 heteroatoms. The van der Waals surface area contributed by atoms with Crippen LogP contribution in [0.25, 0.3) is 10.9 Å². The van der Waals surface area contributed by atoms with Gasteiger partial charge in [0, 0.05) is 28.9 Å². The highest BCUT2D eigenvalue weighted by Crippen LogP contribution is 2.32. The fraction of sp³-hybridized carbons (Fsp3) is 0.211. The molecule has 0 saturated carbocycles. The van der Waals surface area contributed by atoms with Gasteiger partial charge in [0.05, 0.1) is 17.8 Å². The maximum Gasteiger partial charge on any atom is 0.120 e. The number of nitrogens with one attached hydrogen (secondary N) is 1. The van der Waals surface area contributed by atoms with Gasteiger partial charge in [0.1, 0.15) is 12.4 Å². The standard InChI is InChI=1S/C19H19BrN2O2/c1-13-3-5-15-17(7-8-21-19(15)11-13)22-18-6-4-14(12-16(18)20)24-10-9-23-2/h3-8,11-12H,9-10H2,1-2H3,(H,21,22). The zero-order valence-corrected chi connectivity index (χ0v) is 15.3. The Bertz CT molecular complexity index is 852. The molecule has 3 aromatic rings. The number of aryl methyl sites for hydroxylation is 1. The van der Waals surface area contributed by atoms with E-state index in [0.29, 0.717) is 13.2 Å². The van der Waals surface area contributed by atoms with Crippen LogP contribution in [0.5, 0.6) is 5.75 Å². The zero-order chi connectivity index (χ0) is 16.9. The lowest BCUT2D eigenvalue weighted by Crippen LogP contribution is -2.04. The van der Waals surface area contributed by atoms with E-state index in [1.165, 1.54) is 5.56 Å². The first-order valence-electron chi connectivity index (χ1n) is 7.71. The van der Waals surface area contributed by atoms with Crippen molar-refractivity contribution in [1.82, 2.24) is 4.98 Å². The third-order valence-electron chi connectivity index (χ3n) is 3.66. The normalized spacial score (nSPS) is 10.8. The van der Waals surface area contributed by atoms with Crippen molar-refractivity contribution in [3.8, 4) is 5.75 Å². The number of benzene rings is 2. The topological polar surface area (TPSA) is 43.4 Å². The summed E-state index contributed by atoms with van der Waals surface area (Å²) in [7, 11) is 1.66. The molecule has 1 heterocycles. The van der Waals surface area contributed by atoms with E-state index in [4.69, 9.17) is 9.47 Å². The lowest BCUT2D eigenvalue weighted by molar-refractivity contribution is 0.146. The largest absolute Gasteiger partial charge is 0.491 e. The molecule has 0 atom stereocenters. The summed E-state index contributed by atoms with van der Waals surface area (Å²) >= 11 is 3.60. The van der Waals surface area contributed by atoms with E-state index in [9.17, 15) is 0 Å². The van der Waals surface area contributed by atoms with Crippen LogP contribution in [-0.2, 0) is 4.74 Å². The molecule has 1 N–H and O–H groups in total. The van der Waals surface area contributed by atoms with Crippen molar-refractivity contribution in [3.05, 3.63) is 58.7 Å². The summed E-state index contributed by atoms with van der Waals surface area (Å²) in [6.07, 6.45) is 1.82. The van der Waals surface area contributed by atoms with Gasteiger partial charge in [-0.1, -0.05) is 12.1 Å². The second-order valence-corrected chi connectivity index (χ2v) is 6.34. The van der Waals surface area contributed by atoms with E-state index in [1.54, 1.807) is 7.11 Å². The van der Waals surface area contributed by atoms with Crippen LogP contribution in [0.2, 0.25) is 0 Å². The highest BCUT2D eigenvalue weighted by Gasteiger charge is 2.06. The monoisotopic (exact) mass is 386 g/mol. The summed E-state index contributed by atoms with van der Waals surface area (Å²) < 4.78 is 11.6. The van der Waals surface area contributed by atoms with Gasteiger partial charge in [-0.15, -0.1) is 0 Å². The number of pyridine rings is 1. The molecule has 2 aromatic carbocycles. The molecule has 0 amide bonds. The molecule has 0 fully saturated rings. The van der Waals surface area contributed by atoms with E-state index in [0.717, 1.165) is 32.5 Å². The molecule has 0 spiro atoms. The number of rotatable bonds is 6. The fourth-order valence-corrected chi connectivity index (χ4v) is 2.90. The number of fused-ring (bicyclic) bond motifs is 1. The second-order valence-electron chi connectivity index (χ2n) is 5.49. The third kappa shape index (κ3) is 3.86. The molecule has 3 rings (SSSR count). The van der Waals surface area contributed by atoms with Gasteiger partial charge in [0.25, 0.3) is 0 Å². The quantitative estimate of drug-likeness (QED) is 0.600. The van der Waals surface area contributed by atoms with Crippen molar-refractivity contribution < 1.29 is 9.47 Å². The summed E-state index contributed by atoms with van der Waals surface area (Å²) in [5.74, 6) is 0.805. The predicted molar refractivity (Wildman–Crippen MR) is 101 cm³/mol. The number of methoxy groups -OCH3 is 1. The summed E-state index contributed by atoms with van der Waals surface area (Å²) in [6.45, 7) is 3.17. The zero-order valence-electron chi connectivity index (χ0n) is 13.7. The van der Waals surface area contributed by atoms with Crippen molar-refractivity contribution in [1.29, 1.82) is 0 Å². The lowest BCUT2D eigenvalue weighted by atomic mass is 10.1. The molecule has 0 saturated heterocycles. The highest BCUT2D eigenvalue weighted by atomic mass is 79.9. The fourth-order valence-electron chi connectivity index (χ4n) is 2.44. The van der Waals surface area contributed by atoms with Gasteiger partial charge in [0.2, 0.25) is 0 Å². The minimum Gasteiger partial charge on any atom is -0.491 e. The SMILES string of the molecule is COCCOc1ccc(Nc2ccnc3cc(C)ccc23)c(Br)c1. The van der Waals surface area contributed by atoms with Crippen LogP contribution in [0, 0.1) is 6.92 Å². The molecule has 0 unspecified atom stereocenters. The Morgan fingerprint density at radius 3 is 2.71 bits per heavy atom. The first-order valence-corrected chi connectivity index (χ1v) is 8.50. The van der Waals surface area contributed by atoms with Crippen LogP contribution >= 0.6 is 15.9 Å². The highest BCUT2D eigenvalue weighted by molar-refractivity contribution is 9.10. The van der Waals surface area contributed by atoms with Crippen LogP contribution in [0.1, 0.15) is 5.56 Å². The predicted octanol–water partition coefficient (Wildman–Crippen LogP) is 5.07. The first-order chi connectivity index (χ1) is 11.7. The van der Waals surface area contributed by atoms with E-state index in [1.807, 2.05) is 30.5 Å². The van der Waals surface area contributed by atoms with E-state index < -0.39 is 0 Å². The van der Waals surface area contributed by atoms with Gasteiger partial charge in [-0.2, -0.15) is 0 Å². The Hall–Kier alpha value is -2.11. The molecule has 4 nitrogen and oxygen atoms in total. The lowest BCUT2D eigenvalue weighted by Gasteiger charge is -2.13. The molecule has 1 aromatic heterocycles. The Labute approximate surface area is 149 Å². The minimum atomic E-state index is 0.532. The smallest absolute Gasteiger partial charge is 0.120 e. The van der Waals surface area contributed by atoms with Gasteiger partial charge in [-0.3, -0.25) is 4.98 Å². The summed E-state index contributed by atoms with van der Waals surface area (Å²) in [4.78, 5) is 4.44. The number of nitrogens with zero attached hydrogens (tertiary/aromatic N) is 1.